The molecule has 1 aliphatic carbocycles. The molecule has 3 aromatic rings. The summed E-state index contributed by atoms with van der Waals surface area (Å²) in [6, 6.07) is 1.87. The van der Waals surface area contributed by atoms with Gasteiger partial charge in [0.1, 0.15) is 30.2 Å². The van der Waals surface area contributed by atoms with Gasteiger partial charge in [-0.05, 0) is 24.5 Å². The third-order valence-electron chi connectivity index (χ3n) is 6.89. The summed E-state index contributed by atoms with van der Waals surface area (Å²) in [4.78, 5) is 12.7. The van der Waals surface area contributed by atoms with E-state index in [0.717, 1.165) is 11.1 Å². The average molecular weight is 473 g/mol. The number of nitrogens with two attached hydrogens (primary N) is 1. The Morgan fingerprint density at radius 1 is 1.15 bits per heavy atom. The molecule has 2 aromatic heterocycles. The first-order chi connectivity index (χ1) is 16.4. The molecule has 2 aliphatic rings. The standard InChI is InChI=1S/C22H27N5O7/c1-31-12-6-10-4-5-11(14(10)18(33-3)17(12)32-2)22(19(30)16(29)13(7-28)34-22)27-9-26-15-20(23)24-8-25-21(15)27/h6,8-9,11,13,16,19,28-30H,4-5,7H2,1-3H3,(H2,23,24,25)/t11?,13-,16-,19-,22-/m1/s1. The van der Waals surface area contributed by atoms with Crippen molar-refractivity contribution < 1.29 is 34.3 Å². The minimum absolute atomic E-state index is 0.168. The number of benzene rings is 1. The lowest BCUT2D eigenvalue weighted by molar-refractivity contribution is -0.162. The number of methoxy groups -OCH3 is 3. The molecule has 1 fully saturated rings. The predicted molar refractivity (Wildman–Crippen MR) is 119 cm³/mol. The van der Waals surface area contributed by atoms with E-state index in [0.29, 0.717) is 41.3 Å². The van der Waals surface area contributed by atoms with Crippen molar-refractivity contribution in [1.29, 1.82) is 0 Å². The number of nitrogen functional groups attached to an aromatic ring is 1. The molecule has 34 heavy (non-hydrogen) atoms. The Morgan fingerprint density at radius 3 is 2.56 bits per heavy atom. The average Bonchev–Trinajstić information content (AvgIpc) is 3.54. The van der Waals surface area contributed by atoms with Crippen LogP contribution in [0.1, 0.15) is 23.5 Å². The van der Waals surface area contributed by atoms with E-state index in [-0.39, 0.29) is 5.82 Å². The molecule has 0 radical (unpaired) electrons. The smallest absolute Gasteiger partial charge is 0.203 e. The second kappa shape index (κ2) is 8.24. The third-order valence-corrected chi connectivity index (χ3v) is 6.89. The van der Waals surface area contributed by atoms with Crippen LogP contribution in [0.3, 0.4) is 0 Å². The van der Waals surface area contributed by atoms with Crippen LogP contribution in [0.4, 0.5) is 5.82 Å². The predicted octanol–water partition coefficient (Wildman–Crippen LogP) is -0.0700. The number of imidazole rings is 1. The first-order valence-corrected chi connectivity index (χ1v) is 10.8. The highest BCUT2D eigenvalue weighted by molar-refractivity contribution is 5.81. The summed E-state index contributed by atoms with van der Waals surface area (Å²) in [7, 11) is 4.59. The normalized spacial score (nSPS) is 28.3. The van der Waals surface area contributed by atoms with Crippen LogP contribution >= 0.6 is 0 Å². The van der Waals surface area contributed by atoms with Gasteiger partial charge in [-0.25, -0.2) is 15.0 Å². The lowest BCUT2D eigenvalue weighted by atomic mass is 9.84. The zero-order chi connectivity index (χ0) is 24.2. The molecule has 0 bridgehead atoms. The van der Waals surface area contributed by atoms with Crippen LogP contribution in [0.2, 0.25) is 0 Å². The SMILES string of the molecule is COc1cc2c(c(OC)c1OC)C([C@@]1(n3cnc4c(N)ncnc43)O[C@H](CO)[C@@H](O)[C@H]1O)CC2. The fourth-order valence-electron chi connectivity index (χ4n) is 5.42. The van der Waals surface area contributed by atoms with Gasteiger partial charge in [0.15, 0.2) is 28.7 Å². The summed E-state index contributed by atoms with van der Waals surface area (Å²) < 4.78 is 24.8. The number of fused-ring (bicyclic) bond motifs is 2. The van der Waals surface area contributed by atoms with E-state index in [1.54, 1.807) is 11.7 Å². The van der Waals surface area contributed by atoms with Gasteiger partial charge >= 0.3 is 0 Å². The summed E-state index contributed by atoms with van der Waals surface area (Å²) in [6.07, 6.45) is 0.0617. The molecule has 0 spiro atoms. The molecular weight excluding hydrogens is 446 g/mol. The number of anilines is 1. The molecule has 3 heterocycles. The number of hydrogen-bond donors (Lipinski definition) is 4. The number of hydrogen-bond acceptors (Lipinski definition) is 11. The van der Waals surface area contributed by atoms with E-state index in [9.17, 15) is 15.3 Å². The molecule has 0 amide bonds. The van der Waals surface area contributed by atoms with Crippen LogP contribution in [-0.4, -0.2) is 81.1 Å². The van der Waals surface area contributed by atoms with Crippen molar-refractivity contribution in [3.63, 3.8) is 0 Å². The van der Waals surface area contributed by atoms with Crippen molar-refractivity contribution in [2.75, 3.05) is 33.7 Å². The van der Waals surface area contributed by atoms with E-state index in [4.69, 9.17) is 24.7 Å². The second-order valence-corrected chi connectivity index (χ2v) is 8.38. The molecular formula is C22H27N5O7. The van der Waals surface area contributed by atoms with E-state index in [1.807, 2.05) is 6.07 Å². The number of aryl methyl sites for hydroxylation is 1. The Bertz CT molecular complexity index is 1230. The summed E-state index contributed by atoms with van der Waals surface area (Å²) in [6.45, 7) is -0.494. The Kier molecular flexibility index (Phi) is 5.47. The van der Waals surface area contributed by atoms with Gasteiger partial charge in [0.25, 0.3) is 0 Å². The molecule has 12 nitrogen and oxygen atoms in total. The van der Waals surface area contributed by atoms with Crippen LogP contribution in [-0.2, 0) is 16.9 Å². The Morgan fingerprint density at radius 2 is 1.91 bits per heavy atom. The van der Waals surface area contributed by atoms with Crippen LogP contribution in [0, 0.1) is 0 Å². The maximum atomic E-state index is 11.5. The lowest BCUT2D eigenvalue weighted by Gasteiger charge is -2.39. The number of nitrogens with zero attached hydrogens (tertiary/aromatic N) is 4. The molecule has 1 aliphatic heterocycles. The molecule has 182 valence electrons. The molecule has 1 unspecified atom stereocenters. The molecule has 1 saturated heterocycles. The molecule has 5 atom stereocenters. The van der Waals surface area contributed by atoms with E-state index in [1.165, 1.54) is 26.9 Å². The Labute approximate surface area is 194 Å². The largest absolute Gasteiger partial charge is 0.493 e. The summed E-state index contributed by atoms with van der Waals surface area (Å²) >= 11 is 0. The fourth-order valence-corrected chi connectivity index (χ4v) is 5.42. The van der Waals surface area contributed by atoms with Gasteiger partial charge in [-0.15, -0.1) is 0 Å². The van der Waals surface area contributed by atoms with Crippen molar-refractivity contribution in [1.82, 2.24) is 19.5 Å². The van der Waals surface area contributed by atoms with Crippen LogP contribution in [0.5, 0.6) is 17.2 Å². The zero-order valence-corrected chi connectivity index (χ0v) is 19.0. The van der Waals surface area contributed by atoms with Gasteiger partial charge in [0, 0.05) is 11.5 Å². The van der Waals surface area contributed by atoms with E-state index in [2.05, 4.69) is 15.0 Å². The van der Waals surface area contributed by atoms with Crippen molar-refractivity contribution >= 4 is 17.0 Å². The number of aliphatic hydroxyl groups is 3. The molecule has 5 rings (SSSR count). The van der Waals surface area contributed by atoms with Crippen molar-refractivity contribution in [3.05, 3.63) is 29.8 Å². The summed E-state index contributed by atoms with van der Waals surface area (Å²) in [5, 5.41) is 32.2. The Hall–Kier alpha value is -3.19. The van der Waals surface area contributed by atoms with Gasteiger partial charge in [-0.2, -0.15) is 0 Å². The van der Waals surface area contributed by atoms with Crippen LogP contribution < -0.4 is 19.9 Å². The monoisotopic (exact) mass is 473 g/mol. The highest BCUT2D eigenvalue weighted by atomic mass is 16.6. The maximum absolute atomic E-state index is 11.5. The van der Waals surface area contributed by atoms with Crippen molar-refractivity contribution in [3.8, 4) is 17.2 Å². The first kappa shape index (κ1) is 22.6. The van der Waals surface area contributed by atoms with Gasteiger partial charge < -0.3 is 40.0 Å². The van der Waals surface area contributed by atoms with Crippen LogP contribution in [0.25, 0.3) is 11.2 Å². The van der Waals surface area contributed by atoms with E-state index < -0.39 is 36.6 Å². The van der Waals surface area contributed by atoms with Gasteiger partial charge in [-0.3, -0.25) is 4.57 Å². The van der Waals surface area contributed by atoms with Gasteiger partial charge in [0.2, 0.25) is 5.75 Å². The number of aliphatic hydroxyl groups excluding tert-OH is 3. The van der Waals surface area contributed by atoms with Crippen molar-refractivity contribution in [2.45, 2.75) is 42.8 Å². The Balaban J connectivity index is 1.80. The maximum Gasteiger partial charge on any atom is 0.203 e. The number of aromatic nitrogens is 4. The quantitative estimate of drug-likeness (QED) is 0.378. The minimum Gasteiger partial charge on any atom is -0.493 e. The summed E-state index contributed by atoms with van der Waals surface area (Å²) in [5.74, 6) is 0.991. The zero-order valence-electron chi connectivity index (χ0n) is 19.0. The number of rotatable bonds is 6. The lowest BCUT2D eigenvalue weighted by Crippen LogP contribution is -2.49. The third kappa shape index (κ3) is 2.89. The highest BCUT2D eigenvalue weighted by Gasteiger charge is 2.62. The fraction of sp³-hybridized carbons (Fsp3) is 0.500. The van der Waals surface area contributed by atoms with Gasteiger partial charge in [0.05, 0.1) is 34.3 Å². The van der Waals surface area contributed by atoms with Crippen molar-refractivity contribution in [2.24, 2.45) is 0 Å². The van der Waals surface area contributed by atoms with Crippen LogP contribution in [0.15, 0.2) is 18.7 Å². The minimum atomic E-state index is -1.58. The second-order valence-electron chi connectivity index (χ2n) is 8.38. The topological polar surface area (TPSA) is 167 Å². The number of ether oxygens (including phenoxy) is 4. The summed E-state index contributed by atoms with van der Waals surface area (Å²) in [5.41, 5.74) is 6.74. The molecule has 1 aromatic carbocycles. The molecule has 0 saturated carbocycles. The molecule has 5 N–H and O–H groups in total. The highest BCUT2D eigenvalue weighted by Crippen LogP contribution is 2.57. The molecule has 12 heteroatoms. The van der Waals surface area contributed by atoms with E-state index >= 15 is 0 Å². The van der Waals surface area contributed by atoms with Gasteiger partial charge in [-0.1, -0.05) is 0 Å². The first-order valence-electron chi connectivity index (χ1n) is 10.8.